The molecule has 0 aromatic heterocycles. The molecular formula is C20H25N3O4S2. The van der Waals surface area contributed by atoms with Gasteiger partial charge in [0.25, 0.3) is 0 Å². The van der Waals surface area contributed by atoms with Crippen LogP contribution in [0.4, 0.5) is 5.69 Å². The summed E-state index contributed by atoms with van der Waals surface area (Å²) in [6.07, 6.45) is 0.449. The minimum absolute atomic E-state index is 0.0105. The lowest BCUT2D eigenvalue weighted by molar-refractivity contribution is 0.371. The van der Waals surface area contributed by atoms with E-state index in [9.17, 15) is 16.8 Å². The largest absolute Gasteiger partial charge is 0.284 e. The van der Waals surface area contributed by atoms with Crippen LogP contribution in [0.5, 0.6) is 0 Å². The molecule has 1 atom stereocenters. The highest BCUT2D eigenvalue weighted by atomic mass is 32.2. The average Bonchev–Trinajstić information content (AvgIpc) is 3.15. The first-order valence-corrected chi connectivity index (χ1v) is 12.7. The Balaban J connectivity index is 1.94. The molecule has 1 aliphatic heterocycles. The van der Waals surface area contributed by atoms with Crippen LogP contribution in [0.2, 0.25) is 0 Å². The van der Waals surface area contributed by atoms with Crippen LogP contribution in [0.1, 0.15) is 43.0 Å². The lowest BCUT2D eigenvalue weighted by atomic mass is 9.96. The smallest absolute Gasteiger partial charge is 0.250 e. The second-order valence-electron chi connectivity index (χ2n) is 6.88. The van der Waals surface area contributed by atoms with Gasteiger partial charge in [-0.2, -0.15) is 9.52 Å². The molecular weight excluding hydrogens is 410 g/mol. The van der Waals surface area contributed by atoms with Crippen LogP contribution in [0, 0.1) is 6.92 Å². The zero-order valence-corrected chi connectivity index (χ0v) is 18.3. The molecule has 1 N–H and O–H groups in total. The highest BCUT2D eigenvalue weighted by molar-refractivity contribution is 7.92. The first-order chi connectivity index (χ1) is 13.7. The Kier molecular flexibility index (Phi) is 6.00. The van der Waals surface area contributed by atoms with Crippen molar-refractivity contribution in [1.29, 1.82) is 0 Å². The van der Waals surface area contributed by atoms with E-state index in [4.69, 9.17) is 0 Å². The zero-order chi connectivity index (χ0) is 21.2. The van der Waals surface area contributed by atoms with Crippen molar-refractivity contribution in [2.45, 2.75) is 33.2 Å². The minimum atomic E-state index is -3.53. The van der Waals surface area contributed by atoms with Crippen molar-refractivity contribution >= 4 is 31.4 Å². The summed E-state index contributed by atoms with van der Waals surface area (Å²) in [5.74, 6) is -0.0483. The summed E-state index contributed by atoms with van der Waals surface area (Å²) in [7, 11) is -6.89. The van der Waals surface area contributed by atoms with E-state index in [2.05, 4.69) is 9.82 Å². The Morgan fingerprint density at radius 3 is 2.24 bits per heavy atom. The molecule has 156 valence electrons. The summed E-state index contributed by atoms with van der Waals surface area (Å²) in [4.78, 5) is 0. The molecule has 7 nitrogen and oxygen atoms in total. The molecule has 0 spiro atoms. The molecule has 3 rings (SSSR count). The molecule has 2 aromatic carbocycles. The van der Waals surface area contributed by atoms with Crippen molar-refractivity contribution in [1.82, 2.24) is 4.41 Å². The van der Waals surface area contributed by atoms with Gasteiger partial charge in [0.2, 0.25) is 20.0 Å². The number of nitrogens with one attached hydrogen (secondary N) is 1. The molecule has 0 fully saturated rings. The van der Waals surface area contributed by atoms with Crippen LogP contribution < -0.4 is 4.72 Å². The predicted octanol–water partition coefficient (Wildman–Crippen LogP) is 3.26. The maximum absolute atomic E-state index is 12.7. The van der Waals surface area contributed by atoms with Crippen LogP contribution in [-0.2, 0) is 20.0 Å². The number of anilines is 1. The van der Waals surface area contributed by atoms with Crippen molar-refractivity contribution in [2.24, 2.45) is 5.10 Å². The second kappa shape index (κ2) is 8.16. The zero-order valence-electron chi connectivity index (χ0n) is 16.7. The molecule has 1 unspecified atom stereocenters. The first kappa shape index (κ1) is 21.3. The van der Waals surface area contributed by atoms with Crippen molar-refractivity contribution in [3.8, 4) is 0 Å². The number of benzene rings is 2. The van der Waals surface area contributed by atoms with Gasteiger partial charge in [-0.1, -0.05) is 36.4 Å². The van der Waals surface area contributed by atoms with Gasteiger partial charge in [-0.15, -0.1) is 0 Å². The number of nitrogens with zero attached hydrogens (tertiary/aromatic N) is 2. The van der Waals surface area contributed by atoms with Crippen LogP contribution in [-0.4, -0.2) is 38.5 Å². The highest BCUT2D eigenvalue weighted by Gasteiger charge is 2.36. The van der Waals surface area contributed by atoms with Gasteiger partial charge in [0, 0.05) is 12.1 Å². The Morgan fingerprint density at radius 2 is 1.66 bits per heavy atom. The van der Waals surface area contributed by atoms with E-state index >= 15 is 0 Å². The molecule has 2 aromatic rings. The third kappa shape index (κ3) is 4.62. The van der Waals surface area contributed by atoms with Crippen molar-refractivity contribution in [3.63, 3.8) is 0 Å². The molecule has 0 radical (unpaired) electrons. The SMILES string of the molecule is CCS(=O)(=O)Nc1ccc(C2=NN(S(=O)(=O)CC)C(c3ccccc3C)C2)cc1. The van der Waals surface area contributed by atoms with Gasteiger partial charge in [-0.25, -0.2) is 16.8 Å². The maximum Gasteiger partial charge on any atom is 0.250 e. The van der Waals surface area contributed by atoms with Gasteiger partial charge >= 0.3 is 0 Å². The van der Waals surface area contributed by atoms with E-state index in [0.717, 1.165) is 16.7 Å². The third-order valence-corrected chi connectivity index (χ3v) is 7.88. The molecule has 0 bridgehead atoms. The Bertz CT molecular complexity index is 1120. The fourth-order valence-electron chi connectivity index (χ4n) is 3.23. The van der Waals surface area contributed by atoms with E-state index in [1.54, 1.807) is 38.1 Å². The van der Waals surface area contributed by atoms with Crippen LogP contribution >= 0.6 is 0 Å². The summed E-state index contributed by atoms with van der Waals surface area (Å²) >= 11 is 0. The maximum atomic E-state index is 12.7. The Hall–Kier alpha value is -2.39. The standard InChI is InChI=1S/C20H25N3O4S2/c1-4-28(24,25)22-17-12-10-16(11-13-17)19-14-20(18-9-7-6-8-15(18)3)23(21-19)29(26,27)5-2/h6-13,20,22H,4-5,14H2,1-3H3. The van der Waals surface area contributed by atoms with Crippen molar-refractivity contribution in [2.75, 3.05) is 16.2 Å². The second-order valence-corrected chi connectivity index (χ2v) is 11.0. The summed E-state index contributed by atoms with van der Waals surface area (Å²) in [6.45, 7) is 5.13. The number of aryl methyl sites for hydroxylation is 1. The van der Waals surface area contributed by atoms with Gasteiger partial charge < -0.3 is 0 Å². The summed E-state index contributed by atoms with van der Waals surface area (Å²) in [5.41, 5.74) is 3.81. The van der Waals surface area contributed by atoms with Gasteiger partial charge in [0.1, 0.15) is 0 Å². The Labute approximate surface area is 172 Å². The van der Waals surface area contributed by atoms with Crippen LogP contribution in [0.15, 0.2) is 53.6 Å². The fourth-order valence-corrected chi connectivity index (χ4v) is 4.93. The normalized spacial score (nSPS) is 17.3. The van der Waals surface area contributed by atoms with E-state index in [0.29, 0.717) is 17.8 Å². The van der Waals surface area contributed by atoms with E-state index in [-0.39, 0.29) is 11.5 Å². The van der Waals surface area contributed by atoms with Gasteiger partial charge in [-0.05, 0) is 49.6 Å². The molecule has 9 heteroatoms. The predicted molar refractivity (Wildman–Crippen MR) is 116 cm³/mol. The van der Waals surface area contributed by atoms with E-state index in [1.165, 1.54) is 4.41 Å². The van der Waals surface area contributed by atoms with Gasteiger partial charge in [0.15, 0.2) is 0 Å². The summed E-state index contributed by atoms with van der Waals surface area (Å²) in [5, 5.41) is 4.44. The van der Waals surface area contributed by atoms with Crippen molar-refractivity contribution in [3.05, 3.63) is 65.2 Å². The molecule has 0 saturated heterocycles. The lowest BCUT2D eigenvalue weighted by Gasteiger charge is -2.24. The molecule has 0 saturated carbocycles. The van der Waals surface area contributed by atoms with Crippen molar-refractivity contribution < 1.29 is 16.8 Å². The number of rotatable bonds is 7. The summed E-state index contributed by atoms with van der Waals surface area (Å²) in [6, 6.07) is 14.1. The monoisotopic (exact) mass is 435 g/mol. The lowest BCUT2D eigenvalue weighted by Crippen LogP contribution is -2.29. The number of hydrogen-bond acceptors (Lipinski definition) is 5. The van der Waals surface area contributed by atoms with Crippen LogP contribution in [0.3, 0.4) is 0 Å². The molecule has 0 amide bonds. The molecule has 0 aliphatic carbocycles. The van der Waals surface area contributed by atoms with Gasteiger partial charge in [0.05, 0.1) is 23.3 Å². The van der Waals surface area contributed by atoms with Gasteiger partial charge in [-0.3, -0.25) is 4.72 Å². The third-order valence-electron chi connectivity index (χ3n) is 4.94. The highest BCUT2D eigenvalue weighted by Crippen LogP contribution is 2.36. The number of sulfonamides is 2. The first-order valence-electron chi connectivity index (χ1n) is 9.43. The molecule has 1 aliphatic rings. The molecule has 1 heterocycles. The van der Waals surface area contributed by atoms with E-state index in [1.807, 2.05) is 31.2 Å². The number of hydrazone groups is 1. The van der Waals surface area contributed by atoms with E-state index < -0.39 is 26.1 Å². The molecule has 29 heavy (non-hydrogen) atoms. The summed E-state index contributed by atoms with van der Waals surface area (Å²) < 4.78 is 52.5. The topological polar surface area (TPSA) is 95.9 Å². The quantitative estimate of drug-likeness (QED) is 0.722. The van der Waals surface area contributed by atoms with Crippen LogP contribution in [0.25, 0.3) is 0 Å². The number of hydrogen-bond donors (Lipinski definition) is 1. The average molecular weight is 436 g/mol. The Morgan fingerprint density at radius 1 is 1.00 bits per heavy atom. The minimum Gasteiger partial charge on any atom is -0.284 e. The fraction of sp³-hybridized carbons (Fsp3) is 0.350.